The number of alkyl halides is 3. The third kappa shape index (κ3) is 3.82. The Morgan fingerprint density at radius 2 is 1.79 bits per heavy atom. The van der Waals surface area contributed by atoms with Gasteiger partial charge in [-0.3, -0.25) is 14.7 Å². The number of benzene rings is 1. The van der Waals surface area contributed by atoms with E-state index in [1.165, 1.54) is 12.1 Å². The third-order valence-electron chi connectivity index (χ3n) is 4.79. The molecule has 5 nitrogen and oxygen atoms in total. The molecule has 0 saturated carbocycles. The molecule has 0 spiro atoms. The van der Waals surface area contributed by atoms with Crippen LogP contribution in [0.15, 0.2) is 53.6 Å². The molecular weight excluding hydrogens is 369 g/mol. The van der Waals surface area contributed by atoms with Gasteiger partial charge in [-0.1, -0.05) is 12.1 Å². The zero-order valence-electron chi connectivity index (χ0n) is 14.8. The fourth-order valence-electron chi connectivity index (χ4n) is 3.32. The molecule has 8 heteroatoms. The number of hydrogen-bond donors (Lipinski definition) is 1. The van der Waals surface area contributed by atoms with Crippen LogP contribution < -0.4 is 5.56 Å². The molecule has 0 radical (unpaired) electrons. The molecule has 144 valence electrons. The first-order valence-electron chi connectivity index (χ1n) is 8.81. The largest absolute Gasteiger partial charge is 0.416 e. The summed E-state index contributed by atoms with van der Waals surface area (Å²) in [7, 11) is 0. The first-order valence-corrected chi connectivity index (χ1v) is 8.81. The summed E-state index contributed by atoms with van der Waals surface area (Å²) in [4.78, 5) is 25.9. The van der Waals surface area contributed by atoms with Gasteiger partial charge in [0.2, 0.25) is 0 Å². The first-order chi connectivity index (χ1) is 13.4. The SMILES string of the molecule is O=c1[nH]c(-c2ccncc2)nc2c1CN(Cc1ccc(C(F)(F)F)cc1)CC2. The quantitative estimate of drug-likeness (QED) is 0.749. The maximum atomic E-state index is 12.7. The number of nitrogens with one attached hydrogen (secondary N) is 1. The maximum Gasteiger partial charge on any atom is 0.416 e. The van der Waals surface area contributed by atoms with Gasteiger partial charge in [0, 0.05) is 44.0 Å². The molecule has 3 heterocycles. The highest BCUT2D eigenvalue weighted by atomic mass is 19.4. The van der Waals surface area contributed by atoms with Crippen LogP contribution in [0.3, 0.4) is 0 Å². The Balaban J connectivity index is 1.51. The second-order valence-electron chi connectivity index (χ2n) is 6.73. The van der Waals surface area contributed by atoms with E-state index >= 15 is 0 Å². The van der Waals surface area contributed by atoms with Crippen LogP contribution in [-0.2, 0) is 25.7 Å². The first kappa shape index (κ1) is 18.4. The number of halogens is 3. The second-order valence-corrected chi connectivity index (χ2v) is 6.73. The monoisotopic (exact) mass is 386 g/mol. The molecule has 28 heavy (non-hydrogen) atoms. The third-order valence-corrected chi connectivity index (χ3v) is 4.79. The van der Waals surface area contributed by atoms with E-state index in [9.17, 15) is 18.0 Å². The van der Waals surface area contributed by atoms with Gasteiger partial charge in [-0.05, 0) is 29.8 Å². The fraction of sp³-hybridized carbons (Fsp3) is 0.250. The van der Waals surface area contributed by atoms with Gasteiger partial charge in [-0.15, -0.1) is 0 Å². The average Bonchev–Trinajstić information content (AvgIpc) is 2.69. The minimum Gasteiger partial charge on any atom is -0.306 e. The molecule has 0 saturated heterocycles. The molecule has 4 rings (SSSR count). The maximum absolute atomic E-state index is 12.7. The highest BCUT2D eigenvalue weighted by molar-refractivity contribution is 5.54. The van der Waals surface area contributed by atoms with E-state index in [4.69, 9.17) is 0 Å². The van der Waals surface area contributed by atoms with Gasteiger partial charge in [0.25, 0.3) is 5.56 Å². The fourth-order valence-corrected chi connectivity index (χ4v) is 3.32. The van der Waals surface area contributed by atoms with Crippen molar-refractivity contribution >= 4 is 0 Å². The average molecular weight is 386 g/mol. The van der Waals surface area contributed by atoms with Crippen LogP contribution in [0.1, 0.15) is 22.4 Å². The van der Waals surface area contributed by atoms with Crippen LogP contribution >= 0.6 is 0 Å². The molecule has 0 fully saturated rings. The molecule has 3 aromatic rings. The van der Waals surface area contributed by atoms with Gasteiger partial charge in [-0.2, -0.15) is 13.2 Å². The molecule has 0 aliphatic carbocycles. The lowest BCUT2D eigenvalue weighted by Gasteiger charge is -2.27. The standard InChI is InChI=1S/C20H17F3N4O/c21-20(22,23)15-3-1-13(2-4-15)11-27-10-7-17-16(12-27)19(28)26-18(25-17)14-5-8-24-9-6-14/h1-6,8-9H,7,10-12H2,(H,25,26,28). The Bertz CT molecular complexity index is 1030. The highest BCUT2D eigenvalue weighted by Crippen LogP contribution is 2.29. The molecule has 1 N–H and O–H groups in total. The van der Waals surface area contributed by atoms with Crippen molar-refractivity contribution in [3.8, 4) is 11.4 Å². The van der Waals surface area contributed by atoms with Crippen molar-refractivity contribution in [3.05, 3.63) is 81.5 Å². The number of aromatic amines is 1. The summed E-state index contributed by atoms with van der Waals surface area (Å²) in [5, 5.41) is 0. The summed E-state index contributed by atoms with van der Waals surface area (Å²) in [5.74, 6) is 0.516. The Morgan fingerprint density at radius 1 is 1.07 bits per heavy atom. The number of aromatic nitrogens is 3. The summed E-state index contributed by atoms with van der Waals surface area (Å²) in [6.45, 7) is 1.57. The van der Waals surface area contributed by atoms with E-state index < -0.39 is 11.7 Å². The molecular formula is C20H17F3N4O. The molecule has 1 aliphatic rings. The number of pyridine rings is 1. The van der Waals surface area contributed by atoms with Crippen molar-refractivity contribution < 1.29 is 13.2 Å². The number of fused-ring (bicyclic) bond motifs is 1. The summed E-state index contributed by atoms with van der Waals surface area (Å²) < 4.78 is 38.1. The summed E-state index contributed by atoms with van der Waals surface area (Å²) in [6.07, 6.45) is -0.451. The van der Waals surface area contributed by atoms with E-state index in [2.05, 4.69) is 15.0 Å². The van der Waals surface area contributed by atoms with Crippen LogP contribution in [0.2, 0.25) is 0 Å². The molecule has 0 amide bonds. The van der Waals surface area contributed by atoms with Crippen LogP contribution in [0, 0.1) is 0 Å². The van der Waals surface area contributed by atoms with E-state index in [1.54, 1.807) is 24.5 Å². The Kier molecular flexibility index (Phi) is 4.72. The van der Waals surface area contributed by atoms with Gasteiger partial charge in [0.05, 0.1) is 16.8 Å². The lowest BCUT2D eigenvalue weighted by Crippen LogP contribution is -2.35. The topological polar surface area (TPSA) is 61.9 Å². The number of nitrogens with zero attached hydrogens (tertiary/aromatic N) is 3. The van der Waals surface area contributed by atoms with Crippen molar-refractivity contribution in [2.45, 2.75) is 25.7 Å². The van der Waals surface area contributed by atoms with Crippen molar-refractivity contribution in [3.63, 3.8) is 0 Å². The number of H-pyrrole nitrogens is 1. The van der Waals surface area contributed by atoms with E-state index in [-0.39, 0.29) is 5.56 Å². The van der Waals surface area contributed by atoms with Crippen molar-refractivity contribution in [1.29, 1.82) is 0 Å². The highest BCUT2D eigenvalue weighted by Gasteiger charge is 2.30. The second kappa shape index (κ2) is 7.20. The molecule has 1 aliphatic heterocycles. The minimum atomic E-state index is -4.34. The van der Waals surface area contributed by atoms with Gasteiger partial charge in [0.15, 0.2) is 0 Å². The lowest BCUT2D eigenvalue weighted by atomic mass is 10.0. The smallest absolute Gasteiger partial charge is 0.306 e. The molecule has 0 atom stereocenters. The van der Waals surface area contributed by atoms with Crippen LogP contribution in [-0.4, -0.2) is 26.4 Å². The number of hydrogen-bond acceptors (Lipinski definition) is 4. The van der Waals surface area contributed by atoms with Crippen molar-refractivity contribution in [1.82, 2.24) is 19.9 Å². The molecule has 0 unspecified atom stereocenters. The Hall–Kier alpha value is -3.00. The molecule has 0 bridgehead atoms. The summed E-state index contributed by atoms with van der Waals surface area (Å²) in [5.41, 5.74) is 2.09. The Labute approximate surface area is 158 Å². The zero-order valence-corrected chi connectivity index (χ0v) is 14.8. The van der Waals surface area contributed by atoms with Crippen molar-refractivity contribution in [2.24, 2.45) is 0 Å². The van der Waals surface area contributed by atoms with Gasteiger partial charge < -0.3 is 4.98 Å². The van der Waals surface area contributed by atoms with Crippen LogP contribution in [0.4, 0.5) is 13.2 Å². The zero-order chi connectivity index (χ0) is 19.7. The normalized spacial score (nSPS) is 14.7. The number of rotatable bonds is 3. The van der Waals surface area contributed by atoms with E-state index in [0.717, 1.165) is 29.0 Å². The predicted octanol–water partition coefficient (Wildman–Crippen LogP) is 3.41. The van der Waals surface area contributed by atoms with Crippen molar-refractivity contribution in [2.75, 3.05) is 6.54 Å². The summed E-state index contributed by atoms with van der Waals surface area (Å²) >= 11 is 0. The predicted molar refractivity (Wildman–Crippen MR) is 97.4 cm³/mol. The molecule has 2 aromatic heterocycles. The van der Waals surface area contributed by atoms with Crippen LogP contribution in [0.5, 0.6) is 0 Å². The van der Waals surface area contributed by atoms with Gasteiger partial charge in [0.1, 0.15) is 5.82 Å². The van der Waals surface area contributed by atoms with E-state index in [1.807, 2.05) is 4.90 Å². The Morgan fingerprint density at radius 3 is 2.46 bits per heavy atom. The van der Waals surface area contributed by atoms with E-state index in [0.29, 0.717) is 37.4 Å². The van der Waals surface area contributed by atoms with Gasteiger partial charge in [-0.25, -0.2) is 4.98 Å². The minimum absolute atomic E-state index is 0.186. The lowest BCUT2D eigenvalue weighted by molar-refractivity contribution is -0.137. The summed E-state index contributed by atoms with van der Waals surface area (Å²) in [6, 6.07) is 8.70. The van der Waals surface area contributed by atoms with Gasteiger partial charge >= 0.3 is 6.18 Å². The van der Waals surface area contributed by atoms with Crippen LogP contribution in [0.25, 0.3) is 11.4 Å². The molecule has 1 aromatic carbocycles.